The molecule has 2 N–H and O–H groups in total. The molecule has 4 rings (SSSR count). The van der Waals surface area contributed by atoms with Gasteiger partial charge in [-0.2, -0.15) is 0 Å². The van der Waals surface area contributed by atoms with Crippen LogP contribution in [0.3, 0.4) is 0 Å². The minimum absolute atomic E-state index is 0.0110. The van der Waals surface area contributed by atoms with Crippen LogP contribution in [0.5, 0.6) is 0 Å². The van der Waals surface area contributed by atoms with E-state index in [0.29, 0.717) is 13.1 Å². The number of carbonyl (C=O) groups excluding carboxylic acids is 1. The fourth-order valence-electron chi connectivity index (χ4n) is 5.20. The number of β-amino-alcohol motifs (C(OH)–C–C–N with tert-alkyl or cyclic N) is 1. The van der Waals surface area contributed by atoms with Gasteiger partial charge in [0.1, 0.15) is 6.04 Å². The van der Waals surface area contributed by atoms with Gasteiger partial charge in [-0.15, -0.1) is 0 Å². The summed E-state index contributed by atoms with van der Waals surface area (Å²) in [4.78, 5) is 17.6. The predicted molar refractivity (Wildman–Crippen MR) is 143 cm³/mol. The highest BCUT2D eigenvalue weighted by Gasteiger charge is 2.51. The van der Waals surface area contributed by atoms with Gasteiger partial charge in [-0.1, -0.05) is 42.5 Å². The third kappa shape index (κ3) is 6.65. The third-order valence-corrected chi connectivity index (χ3v) is 7.81. The minimum atomic E-state index is -0.474. The molecule has 0 radical (unpaired) electrons. The number of carbonyl (C=O) groups is 1. The normalized spacial score (nSPS) is 19.9. The van der Waals surface area contributed by atoms with Gasteiger partial charge in [-0.25, -0.2) is 0 Å². The summed E-state index contributed by atoms with van der Waals surface area (Å²) in [6.45, 7) is 5.51. The van der Waals surface area contributed by atoms with Gasteiger partial charge in [-0.3, -0.25) is 4.79 Å². The van der Waals surface area contributed by atoms with Crippen LogP contribution in [0.4, 0.5) is 5.69 Å². The Morgan fingerprint density at radius 3 is 2.36 bits per heavy atom. The Kier molecular flexibility index (Phi) is 9.01. The average Bonchev–Trinajstić information content (AvgIpc) is 3.69. The van der Waals surface area contributed by atoms with E-state index in [1.807, 2.05) is 42.2 Å². The Morgan fingerprint density at radius 1 is 1.08 bits per heavy atom. The first-order valence-corrected chi connectivity index (χ1v) is 13.1. The fraction of sp³-hybridized carbons (Fsp3) is 0.552. The van der Waals surface area contributed by atoms with E-state index < -0.39 is 12.3 Å². The number of aliphatic hydroxyl groups is 1. The standard InChI is InChI=1S/C29H41N3O4/c1-22(30-25-12-10-24(11-13-25)23-8-5-4-6-9-23)28(34)32(21-27(35-2)36-3)18-7-17-31-19-16-29(14-15-29)26(33)20-31/h4-6,8-13,22,26-27,30,33H,7,14-21H2,1-3H3. The van der Waals surface area contributed by atoms with Crippen LogP contribution >= 0.6 is 0 Å². The molecule has 2 unspecified atom stereocenters. The first-order valence-electron chi connectivity index (χ1n) is 13.1. The van der Waals surface area contributed by atoms with E-state index in [0.717, 1.165) is 49.3 Å². The molecule has 196 valence electrons. The maximum Gasteiger partial charge on any atom is 0.244 e. The highest BCUT2D eigenvalue weighted by Crippen LogP contribution is 2.53. The Morgan fingerprint density at radius 2 is 1.75 bits per heavy atom. The molecule has 36 heavy (non-hydrogen) atoms. The van der Waals surface area contributed by atoms with Crippen molar-refractivity contribution in [3.63, 3.8) is 0 Å². The molecule has 1 saturated heterocycles. The van der Waals surface area contributed by atoms with Crippen LogP contribution in [0.2, 0.25) is 0 Å². The summed E-state index contributed by atoms with van der Waals surface area (Å²) in [6.07, 6.45) is 3.56. The van der Waals surface area contributed by atoms with E-state index in [1.165, 1.54) is 12.8 Å². The molecule has 0 aromatic heterocycles. The smallest absolute Gasteiger partial charge is 0.244 e. The average molecular weight is 496 g/mol. The predicted octanol–water partition coefficient (Wildman–Crippen LogP) is 3.84. The molecule has 2 fully saturated rings. The highest BCUT2D eigenvalue weighted by atomic mass is 16.7. The topological polar surface area (TPSA) is 74.3 Å². The summed E-state index contributed by atoms with van der Waals surface area (Å²) < 4.78 is 10.8. The number of hydrogen-bond acceptors (Lipinski definition) is 6. The molecule has 7 nitrogen and oxygen atoms in total. The molecule has 2 aromatic rings. The summed E-state index contributed by atoms with van der Waals surface area (Å²) >= 11 is 0. The number of hydrogen-bond donors (Lipinski definition) is 2. The highest BCUT2D eigenvalue weighted by molar-refractivity contribution is 5.84. The quantitative estimate of drug-likeness (QED) is 0.436. The van der Waals surface area contributed by atoms with Gasteiger partial charge in [0.2, 0.25) is 5.91 Å². The number of aliphatic hydroxyl groups excluding tert-OH is 1. The Bertz CT molecular complexity index is 960. The molecular weight excluding hydrogens is 454 g/mol. The second-order valence-electron chi connectivity index (χ2n) is 10.3. The summed E-state index contributed by atoms with van der Waals surface area (Å²) in [7, 11) is 3.19. The maximum absolute atomic E-state index is 13.4. The lowest BCUT2D eigenvalue weighted by atomic mass is 9.90. The number of likely N-dealkylation sites (tertiary alicyclic amines) is 1. The van der Waals surface area contributed by atoms with Crippen LogP contribution in [-0.4, -0.2) is 86.2 Å². The van der Waals surface area contributed by atoms with Crippen molar-refractivity contribution in [3.8, 4) is 11.1 Å². The third-order valence-electron chi connectivity index (χ3n) is 7.81. The molecule has 1 aliphatic carbocycles. The van der Waals surface area contributed by atoms with Crippen LogP contribution in [0.1, 0.15) is 32.6 Å². The second-order valence-corrected chi connectivity index (χ2v) is 10.3. The van der Waals surface area contributed by atoms with Crippen molar-refractivity contribution in [2.24, 2.45) is 5.41 Å². The van der Waals surface area contributed by atoms with E-state index in [4.69, 9.17) is 9.47 Å². The van der Waals surface area contributed by atoms with Crippen molar-refractivity contribution in [2.45, 2.75) is 51.0 Å². The number of ether oxygens (including phenoxy) is 2. The lowest BCUT2D eigenvalue weighted by Crippen LogP contribution is -2.48. The zero-order valence-corrected chi connectivity index (χ0v) is 21.9. The molecular formula is C29H41N3O4. The van der Waals surface area contributed by atoms with Crippen LogP contribution in [0.25, 0.3) is 11.1 Å². The second kappa shape index (κ2) is 12.2. The Labute approximate surface area is 215 Å². The SMILES string of the molecule is COC(CN(CCCN1CCC2(CC2)C(O)C1)C(=O)C(C)Nc1ccc(-c2ccccc2)cc1)OC. The summed E-state index contributed by atoms with van der Waals surface area (Å²) in [5.41, 5.74) is 3.42. The van der Waals surface area contributed by atoms with E-state index >= 15 is 0 Å². The van der Waals surface area contributed by atoms with E-state index in [-0.39, 0.29) is 17.4 Å². The Balaban J connectivity index is 1.32. The van der Waals surface area contributed by atoms with Gasteiger partial charge in [0, 0.05) is 33.0 Å². The summed E-state index contributed by atoms with van der Waals surface area (Å²) in [6, 6.07) is 18.0. The first kappa shape index (κ1) is 26.6. The van der Waals surface area contributed by atoms with E-state index in [2.05, 4.69) is 34.5 Å². The number of nitrogens with one attached hydrogen (secondary N) is 1. The van der Waals surface area contributed by atoms with Crippen LogP contribution in [0.15, 0.2) is 54.6 Å². The Hall–Kier alpha value is -2.45. The van der Waals surface area contributed by atoms with Crippen LogP contribution in [0, 0.1) is 5.41 Å². The van der Waals surface area contributed by atoms with Crippen LogP contribution < -0.4 is 5.32 Å². The van der Waals surface area contributed by atoms with E-state index in [1.54, 1.807) is 14.2 Å². The first-order chi connectivity index (χ1) is 17.4. The number of methoxy groups -OCH3 is 2. The number of amides is 1. The molecule has 1 spiro atoms. The number of nitrogens with zero attached hydrogens (tertiary/aromatic N) is 2. The van der Waals surface area contributed by atoms with Gasteiger partial charge >= 0.3 is 0 Å². The van der Waals surface area contributed by atoms with Gasteiger partial charge in [0.05, 0.1) is 12.6 Å². The largest absolute Gasteiger partial charge is 0.391 e. The molecule has 7 heteroatoms. The monoisotopic (exact) mass is 495 g/mol. The van der Waals surface area contributed by atoms with Gasteiger partial charge in [0.15, 0.2) is 6.29 Å². The number of benzene rings is 2. The van der Waals surface area contributed by atoms with Crippen molar-refractivity contribution < 1.29 is 19.4 Å². The number of rotatable bonds is 12. The maximum atomic E-state index is 13.4. The molecule has 0 bridgehead atoms. The molecule has 2 aliphatic rings. The lowest BCUT2D eigenvalue weighted by Gasteiger charge is -2.37. The van der Waals surface area contributed by atoms with E-state index in [9.17, 15) is 9.90 Å². The minimum Gasteiger partial charge on any atom is -0.391 e. The molecule has 2 atom stereocenters. The number of piperidine rings is 1. The summed E-state index contributed by atoms with van der Waals surface area (Å²) in [5.74, 6) is 0.0110. The summed E-state index contributed by atoms with van der Waals surface area (Å²) in [5, 5.41) is 13.9. The molecule has 1 saturated carbocycles. The van der Waals surface area contributed by atoms with Crippen molar-refractivity contribution in [1.29, 1.82) is 0 Å². The van der Waals surface area contributed by atoms with Gasteiger partial charge < -0.3 is 29.7 Å². The molecule has 1 aliphatic heterocycles. The molecule has 1 heterocycles. The zero-order chi connectivity index (χ0) is 25.5. The lowest BCUT2D eigenvalue weighted by molar-refractivity contribution is -0.146. The molecule has 1 amide bonds. The van der Waals surface area contributed by atoms with Crippen molar-refractivity contribution in [2.75, 3.05) is 52.3 Å². The van der Waals surface area contributed by atoms with Gasteiger partial charge in [-0.05, 0) is 74.4 Å². The van der Waals surface area contributed by atoms with Crippen molar-refractivity contribution in [3.05, 3.63) is 54.6 Å². The van der Waals surface area contributed by atoms with Crippen molar-refractivity contribution >= 4 is 11.6 Å². The number of anilines is 1. The molecule has 2 aromatic carbocycles. The van der Waals surface area contributed by atoms with Crippen molar-refractivity contribution in [1.82, 2.24) is 9.80 Å². The fourth-order valence-corrected chi connectivity index (χ4v) is 5.20. The zero-order valence-electron chi connectivity index (χ0n) is 21.9. The van der Waals surface area contributed by atoms with Crippen LogP contribution in [-0.2, 0) is 14.3 Å². The van der Waals surface area contributed by atoms with Gasteiger partial charge in [0.25, 0.3) is 0 Å².